The van der Waals surface area contributed by atoms with Crippen LogP contribution in [0.3, 0.4) is 0 Å². The van der Waals surface area contributed by atoms with Crippen molar-refractivity contribution >= 4 is 5.97 Å². The van der Waals surface area contributed by atoms with E-state index in [2.05, 4.69) is 6.92 Å². The molecule has 0 aliphatic heterocycles. The van der Waals surface area contributed by atoms with Gasteiger partial charge < -0.3 is 4.74 Å². The van der Waals surface area contributed by atoms with Gasteiger partial charge in [-0.3, -0.25) is 4.79 Å². The van der Waals surface area contributed by atoms with Gasteiger partial charge >= 0.3 is 5.97 Å². The second kappa shape index (κ2) is 5.43. The Bertz CT molecular complexity index is 288. The molecule has 0 aliphatic rings. The van der Waals surface area contributed by atoms with Crippen molar-refractivity contribution in [2.75, 3.05) is 0 Å². The predicted octanol–water partition coefficient (Wildman–Crippen LogP) is 2.95. The molecule has 0 fully saturated rings. The molecular formula is C12H16O2. The van der Waals surface area contributed by atoms with Crippen LogP contribution in [0.15, 0.2) is 24.3 Å². The largest absolute Gasteiger partial charge is 0.427 e. The van der Waals surface area contributed by atoms with Crippen molar-refractivity contribution in [1.82, 2.24) is 0 Å². The van der Waals surface area contributed by atoms with Crippen LogP contribution in [0.1, 0.15) is 32.3 Å². The molecule has 0 aromatic heterocycles. The van der Waals surface area contributed by atoms with Gasteiger partial charge in [0.1, 0.15) is 5.75 Å². The normalized spacial score (nSPS) is 9.86. The third-order valence-corrected chi connectivity index (χ3v) is 1.98. The van der Waals surface area contributed by atoms with Crippen molar-refractivity contribution in [3.8, 4) is 5.75 Å². The van der Waals surface area contributed by atoms with Gasteiger partial charge in [0.05, 0.1) is 0 Å². The minimum absolute atomic E-state index is 0.187. The fourth-order valence-electron chi connectivity index (χ4n) is 1.22. The van der Waals surface area contributed by atoms with E-state index in [0.717, 1.165) is 12.8 Å². The number of hydrogen-bond donors (Lipinski definition) is 0. The van der Waals surface area contributed by atoms with Crippen molar-refractivity contribution in [2.24, 2.45) is 0 Å². The van der Waals surface area contributed by atoms with E-state index < -0.39 is 0 Å². The van der Waals surface area contributed by atoms with Crippen LogP contribution < -0.4 is 4.74 Å². The number of rotatable bonds is 4. The van der Waals surface area contributed by atoms with E-state index in [4.69, 9.17) is 4.74 Å². The Morgan fingerprint density at radius 2 is 1.86 bits per heavy atom. The molecule has 1 aromatic carbocycles. The molecule has 0 heterocycles. The number of benzene rings is 1. The second-order valence-electron chi connectivity index (χ2n) is 3.22. The lowest BCUT2D eigenvalue weighted by molar-refractivity contribution is -0.134. The van der Waals surface area contributed by atoms with E-state index in [1.165, 1.54) is 5.56 Å². The van der Waals surface area contributed by atoms with Crippen LogP contribution in [-0.4, -0.2) is 5.97 Å². The van der Waals surface area contributed by atoms with Crippen molar-refractivity contribution in [3.63, 3.8) is 0 Å². The molecule has 0 N–H and O–H groups in total. The lowest BCUT2D eigenvalue weighted by Crippen LogP contribution is -2.05. The molecule has 0 aliphatic carbocycles. The third-order valence-electron chi connectivity index (χ3n) is 1.98. The minimum atomic E-state index is -0.187. The molecule has 2 nitrogen and oxygen atoms in total. The van der Waals surface area contributed by atoms with Crippen molar-refractivity contribution in [3.05, 3.63) is 29.8 Å². The summed E-state index contributed by atoms with van der Waals surface area (Å²) in [4.78, 5) is 11.0. The molecule has 0 amide bonds. The maximum absolute atomic E-state index is 11.0. The highest BCUT2D eigenvalue weighted by molar-refractivity contribution is 5.71. The summed E-state index contributed by atoms with van der Waals surface area (Å²) in [7, 11) is 0. The summed E-state index contributed by atoms with van der Waals surface area (Å²) in [6.45, 7) is 3.93. The molecule has 0 spiro atoms. The Kier molecular flexibility index (Phi) is 4.17. The molecular weight excluding hydrogens is 176 g/mol. The molecule has 0 saturated carbocycles. The summed E-state index contributed by atoms with van der Waals surface area (Å²) < 4.78 is 5.06. The number of aryl methyl sites for hydroxylation is 1. The molecule has 0 radical (unpaired) electrons. The number of carbonyl (C=O) groups excluding carboxylic acids is 1. The van der Waals surface area contributed by atoms with Gasteiger partial charge in [-0.1, -0.05) is 32.4 Å². The smallest absolute Gasteiger partial charge is 0.310 e. The van der Waals surface area contributed by atoms with Crippen molar-refractivity contribution < 1.29 is 9.53 Å². The van der Waals surface area contributed by atoms with Crippen LogP contribution in [0.4, 0.5) is 0 Å². The molecule has 0 atom stereocenters. The van der Waals surface area contributed by atoms with Crippen LogP contribution in [0.25, 0.3) is 0 Å². The Balaban J connectivity index is 2.59. The van der Waals surface area contributed by atoms with Gasteiger partial charge in [0, 0.05) is 6.42 Å². The summed E-state index contributed by atoms with van der Waals surface area (Å²) in [6, 6.07) is 7.70. The fraction of sp³-hybridized carbons (Fsp3) is 0.417. The van der Waals surface area contributed by atoms with E-state index in [1.807, 2.05) is 24.3 Å². The SMILES string of the molecule is CCCc1ccc(OC(=O)CC)cc1. The summed E-state index contributed by atoms with van der Waals surface area (Å²) >= 11 is 0. The van der Waals surface area contributed by atoms with Crippen LogP contribution in [0.5, 0.6) is 5.75 Å². The lowest BCUT2D eigenvalue weighted by atomic mass is 10.1. The summed E-state index contributed by atoms with van der Waals surface area (Å²) in [5, 5.41) is 0. The van der Waals surface area contributed by atoms with E-state index >= 15 is 0 Å². The van der Waals surface area contributed by atoms with Crippen LogP contribution in [0.2, 0.25) is 0 Å². The zero-order valence-corrected chi connectivity index (χ0v) is 8.75. The third kappa shape index (κ3) is 3.21. The zero-order chi connectivity index (χ0) is 10.4. The average molecular weight is 192 g/mol. The average Bonchev–Trinajstić information content (AvgIpc) is 2.21. The van der Waals surface area contributed by atoms with Crippen molar-refractivity contribution in [2.45, 2.75) is 33.1 Å². The van der Waals surface area contributed by atoms with E-state index in [0.29, 0.717) is 12.2 Å². The molecule has 0 saturated heterocycles. The standard InChI is InChI=1S/C12H16O2/c1-3-5-10-6-8-11(9-7-10)14-12(13)4-2/h6-9H,3-5H2,1-2H3. The Morgan fingerprint density at radius 3 is 2.36 bits per heavy atom. The molecule has 76 valence electrons. The first-order valence-electron chi connectivity index (χ1n) is 5.06. The minimum Gasteiger partial charge on any atom is -0.427 e. The molecule has 1 rings (SSSR count). The predicted molar refractivity (Wildman–Crippen MR) is 56.4 cm³/mol. The van der Waals surface area contributed by atoms with Crippen LogP contribution in [0, 0.1) is 0 Å². The van der Waals surface area contributed by atoms with Gasteiger partial charge in [0.25, 0.3) is 0 Å². The lowest BCUT2D eigenvalue weighted by Gasteiger charge is -2.03. The highest BCUT2D eigenvalue weighted by atomic mass is 16.5. The highest BCUT2D eigenvalue weighted by Gasteiger charge is 2.00. The molecule has 0 unspecified atom stereocenters. The quantitative estimate of drug-likeness (QED) is 0.541. The first-order valence-corrected chi connectivity index (χ1v) is 5.06. The van der Waals surface area contributed by atoms with Gasteiger partial charge in [0.2, 0.25) is 0 Å². The van der Waals surface area contributed by atoms with E-state index in [9.17, 15) is 4.79 Å². The maximum Gasteiger partial charge on any atom is 0.310 e. The second-order valence-corrected chi connectivity index (χ2v) is 3.22. The monoisotopic (exact) mass is 192 g/mol. The fourth-order valence-corrected chi connectivity index (χ4v) is 1.22. The number of carbonyl (C=O) groups is 1. The summed E-state index contributed by atoms with van der Waals surface area (Å²) in [5.74, 6) is 0.449. The van der Waals surface area contributed by atoms with Gasteiger partial charge in [-0.15, -0.1) is 0 Å². The highest BCUT2D eigenvalue weighted by Crippen LogP contribution is 2.13. The van der Waals surface area contributed by atoms with Gasteiger partial charge in [0.15, 0.2) is 0 Å². The number of ether oxygens (including phenoxy) is 1. The van der Waals surface area contributed by atoms with Crippen LogP contribution >= 0.6 is 0 Å². The van der Waals surface area contributed by atoms with Gasteiger partial charge in [-0.25, -0.2) is 0 Å². The molecule has 14 heavy (non-hydrogen) atoms. The van der Waals surface area contributed by atoms with Gasteiger partial charge in [-0.2, -0.15) is 0 Å². The summed E-state index contributed by atoms with van der Waals surface area (Å²) in [6.07, 6.45) is 2.62. The Labute approximate surface area is 84.9 Å². The molecule has 1 aromatic rings. The van der Waals surface area contributed by atoms with Crippen LogP contribution in [-0.2, 0) is 11.2 Å². The van der Waals surface area contributed by atoms with Gasteiger partial charge in [-0.05, 0) is 24.1 Å². The Hall–Kier alpha value is -1.31. The topological polar surface area (TPSA) is 26.3 Å². The van der Waals surface area contributed by atoms with E-state index in [1.54, 1.807) is 6.92 Å². The molecule has 2 heteroatoms. The molecule has 0 bridgehead atoms. The number of esters is 1. The van der Waals surface area contributed by atoms with Crippen molar-refractivity contribution in [1.29, 1.82) is 0 Å². The zero-order valence-electron chi connectivity index (χ0n) is 8.75. The first kappa shape index (κ1) is 10.8. The number of hydrogen-bond acceptors (Lipinski definition) is 2. The first-order chi connectivity index (χ1) is 6.76. The maximum atomic E-state index is 11.0. The van der Waals surface area contributed by atoms with E-state index in [-0.39, 0.29) is 5.97 Å². The summed E-state index contributed by atoms with van der Waals surface area (Å²) in [5.41, 5.74) is 1.28. The Morgan fingerprint density at radius 1 is 1.21 bits per heavy atom.